The summed E-state index contributed by atoms with van der Waals surface area (Å²) >= 11 is 11.6. The Bertz CT molecular complexity index is 1000. The van der Waals surface area contributed by atoms with Crippen molar-refractivity contribution in [2.45, 2.75) is 6.92 Å². The lowest BCUT2D eigenvalue weighted by molar-refractivity contribution is -0.113. The number of H-pyrrole nitrogens is 1. The maximum atomic E-state index is 13.8. The second-order valence-corrected chi connectivity index (χ2v) is 5.89. The number of halogens is 3. The van der Waals surface area contributed by atoms with E-state index in [4.69, 9.17) is 23.2 Å². The van der Waals surface area contributed by atoms with Crippen molar-refractivity contribution in [3.8, 4) is 0 Å². The Morgan fingerprint density at radius 2 is 2.08 bits per heavy atom. The van der Waals surface area contributed by atoms with E-state index in [0.29, 0.717) is 10.9 Å². The van der Waals surface area contributed by atoms with Crippen LogP contribution >= 0.6 is 23.2 Å². The van der Waals surface area contributed by atoms with Crippen LogP contribution < -0.4 is 5.32 Å². The molecule has 25 heavy (non-hydrogen) atoms. The van der Waals surface area contributed by atoms with E-state index in [2.05, 4.69) is 20.5 Å². The first-order valence-electron chi connectivity index (χ1n) is 7.11. The summed E-state index contributed by atoms with van der Waals surface area (Å²) in [7, 11) is 0. The van der Waals surface area contributed by atoms with E-state index in [0.717, 1.165) is 6.07 Å². The van der Waals surface area contributed by atoms with E-state index in [1.54, 1.807) is 6.92 Å². The van der Waals surface area contributed by atoms with Crippen molar-refractivity contribution in [1.82, 2.24) is 15.2 Å². The molecule has 128 valence electrons. The number of nitrogens with one attached hydrogen (secondary N) is 2. The van der Waals surface area contributed by atoms with E-state index in [9.17, 15) is 14.0 Å². The van der Waals surface area contributed by atoms with Gasteiger partial charge in [0.2, 0.25) is 11.7 Å². The monoisotopic (exact) mass is 380 g/mol. The molecule has 1 aromatic carbocycles. The predicted octanol–water partition coefficient (Wildman–Crippen LogP) is 3.47. The molecule has 2 heterocycles. The number of ketones is 1. The van der Waals surface area contributed by atoms with Crippen LogP contribution in [0.25, 0.3) is 10.9 Å². The van der Waals surface area contributed by atoms with Crippen molar-refractivity contribution in [2.24, 2.45) is 0 Å². The van der Waals surface area contributed by atoms with Gasteiger partial charge in [-0.05, 0) is 24.6 Å². The van der Waals surface area contributed by atoms with E-state index < -0.39 is 17.5 Å². The van der Waals surface area contributed by atoms with Gasteiger partial charge in [0.1, 0.15) is 22.9 Å². The highest BCUT2D eigenvalue weighted by Gasteiger charge is 2.23. The number of carbonyl (C=O) groups excluding carboxylic acids is 2. The number of alkyl halides is 1. The van der Waals surface area contributed by atoms with Crippen LogP contribution in [-0.4, -0.2) is 32.8 Å². The Labute approximate surface area is 151 Å². The Morgan fingerprint density at radius 3 is 2.80 bits per heavy atom. The molecule has 1 amide bonds. The van der Waals surface area contributed by atoms with Crippen molar-refractivity contribution in [3.63, 3.8) is 0 Å². The highest BCUT2D eigenvalue weighted by Crippen LogP contribution is 2.29. The number of fused-ring (bicyclic) bond motifs is 1. The van der Waals surface area contributed by atoms with Crippen LogP contribution in [0.1, 0.15) is 21.6 Å². The van der Waals surface area contributed by atoms with Gasteiger partial charge in [-0.15, -0.1) is 11.6 Å². The first-order valence-corrected chi connectivity index (χ1v) is 8.02. The fourth-order valence-electron chi connectivity index (χ4n) is 2.41. The molecule has 2 aromatic heterocycles. The Morgan fingerprint density at radius 1 is 1.32 bits per heavy atom. The van der Waals surface area contributed by atoms with Crippen LogP contribution in [-0.2, 0) is 4.79 Å². The number of hydrogen-bond acceptors (Lipinski definition) is 4. The molecular formula is C16H11Cl2FN4O2. The number of rotatable bonds is 4. The van der Waals surface area contributed by atoms with Crippen molar-refractivity contribution < 1.29 is 14.0 Å². The van der Waals surface area contributed by atoms with Gasteiger partial charge >= 0.3 is 0 Å². The summed E-state index contributed by atoms with van der Waals surface area (Å²) in [5, 5.41) is 9.41. The van der Waals surface area contributed by atoms with Crippen LogP contribution in [0.3, 0.4) is 0 Å². The molecule has 0 unspecified atom stereocenters. The third-order valence-corrected chi connectivity index (χ3v) is 4.31. The molecule has 3 aromatic rings. The molecule has 0 aliphatic rings. The SMILES string of the molecule is Cc1c(Cl)cnc(C(=O)c2ccc(F)c3[nH]ncc23)c1NC(=O)CCl. The quantitative estimate of drug-likeness (QED) is 0.535. The second-order valence-electron chi connectivity index (χ2n) is 5.22. The van der Waals surface area contributed by atoms with Crippen molar-refractivity contribution in [3.05, 3.63) is 52.2 Å². The van der Waals surface area contributed by atoms with Gasteiger partial charge in [-0.1, -0.05) is 11.6 Å². The summed E-state index contributed by atoms with van der Waals surface area (Å²) in [4.78, 5) is 28.7. The van der Waals surface area contributed by atoms with Gasteiger partial charge in [-0.25, -0.2) is 9.37 Å². The predicted molar refractivity (Wildman–Crippen MR) is 92.8 cm³/mol. The summed E-state index contributed by atoms with van der Waals surface area (Å²) in [6, 6.07) is 2.50. The highest BCUT2D eigenvalue weighted by atomic mass is 35.5. The van der Waals surface area contributed by atoms with Crippen molar-refractivity contribution in [2.75, 3.05) is 11.2 Å². The lowest BCUT2D eigenvalue weighted by atomic mass is 10.0. The molecule has 0 atom stereocenters. The summed E-state index contributed by atoms with van der Waals surface area (Å²) in [6.45, 7) is 1.64. The van der Waals surface area contributed by atoms with Gasteiger partial charge in [-0.3, -0.25) is 14.7 Å². The molecule has 0 saturated heterocycles. The summed E-state index contributed by atoms with van der Waals surface area (Å²) < 4.78 is 13.8. The van der Waals surface area contributed by atoms with Gasteiger partial charge in [0, 0.05) is 17.1 Å². The molecule has 0 bridgehead atoms. The number of amides is 1. The topological polar surface area (TPSA) is 87.7 Å². The van der Waals surface area contributed by atoms with Gasteiger partial charge in [0.15, 0.2) is 0 Å². The molecule has 6 nitrogen and oxygen atoms in total. The number of nitrogens with zero attached hydrogens (tertiary/aromatic N) is 2. The van der Waals surface area contributed by atoms with Gasteiger partial charge < -0.3 is 5.32 Å². The van der Waals surface area contributed by atoms with Crippen LogP contribution in [0.5, 0.6) is 0 Å². The number of hydrogen-bond donors (Lipinski definition) is 2. The molecule has 0 aliphatic carbocycles. The zero-order valence-electron chi connectivity index (χ0n) is 12.9. The standard InChI is InChI=1S/C16H11Cl2FN4O2/c1-7-10(18)6-20-15(13(7)22-12(24)4-17)16(25)8-2-3-11(19)14-9(8)5-21-23-14/h2-3,5-6H,4H2,1H3,(H,21,23)(H,22,24). The number of aromatic amines is 1. The lowest BCUT2D eigenvalue weighted by Gasteiger charge is -2.13. The molecule has 0 spiro atoms. The molecule has 3 rings (SSSR count). The molecule has 2 N–H and O–H groups in total. The third-order valence-electron chi connectivity index (χ3n) is 3.69. The Kier molecular flexibility index (Phi) is 4.69. The van der Waals surface area contributed by atoms with Crippen LogP contribution in [0.4, 0.5) is 10.1 Å². The van der Waals surface area contributed by atoms with Gasteiger partial charge in [0.05, 0.1) is 16.9 Å². The number of aromatic nitrogens is 3. The number of pyridine rings is 1. The summed E-state index contributed by atoms with van der Waals surface area (Å²) in [5.74, 6) is -1.83. The minimum absolute atomic E-state index is 0.0190. The molecule has 0 aliphatic heterocycles. The lowest BCUT2D eigenvalue weighted by Crippen LogP contribution is -2.18. The number of anilines is 1. The fraction of sp³-hybridized carbons (Fsp3) is 0.125. The van der Waals surface area contributed by atoms with Crippen LogP contribution in [0.15, 0.2) is 24.5 Å². The summed E-state index contributed by atoms with van der Waals surface area (Å²) in [6.07, 6.45) is 2.67. The van der Waals surface area contributed by atoms with E-state index in [1.165, 1.54) is 18.5 Å². The average Bonchev–Trinajstić information content (AvgIpc) is 3.09. The smallest absolute Gasteiger partial charge is 0.239 e. The molecule has 0 fully saturated rings. The normalized spacial score (nSPS) is 10.9. The third kappa shape index (κ3) is 3.08. The molecular weight excluding hydrogens is 370 g/mol. The highest BCUT2D eigenvalue weighted by molar-refractivity contribution is 6.33. The summed E-state index contributed by atoms with van der Waals surface area (Å²) in [5.41, 5.74) is 0.936. The Hall–Kier alpha value is -2.51. The van der Waals surface area contributed by atoms with Gasteiger partial charge in [-0.2, -0.15) is 5.10 Å². The van der Waals surface area contributed by atoms with Crippen molar-refractivity contribution in [1.29, 1.82) is 0 Å². The number of carbonyl (C=O) groups is 2. The minimum atomic E-state index is -0.528. The number of benzene rings is 1. The molecule has 9 heteroatoms. The fourth-order valence-corrected chi connectivity index (χ4v) is 2.62. The zero-order chi connectivity index (χ0) is 18.1. The maximum Gasteiger partial charge on any atom is 0.239 e. The average molecular weight is 381 g/mol. The first-order chi connectivity index (χ1) is 11.9. The first kappa shape index (κ1) is 17.3. The van der Waals surface area contributed by atoms with E-state index >= 15 is 0 Å². The molecule has 0 saturated carbocycles. The van der Waals surface area contributed by atoms with Crippen LogP contribution in [0, 0.1) is 12.7 Å². The largest absolute Gasteiger partial charge is 0.323 e. The van der Waals surface area contributed by atoms with Crippen molar-refractivity contribution >= 4 is 51.5 Å². The minimum Gasteiger partial charge on any atom is -0.323 e. The second kappa shape index (κ2) is 6.78. The molecule has 0 radical (unpaired) electrons. The van der Waals surface area contributed by atoms with Crippen LogP contribution in [0.2, 0.25) is 5.02 Å². The van der Waals surface area contributed by atoms with E-state index in [1.807, 2.05) is 0 Å². The Balaban J connectivity index is 2.16. The van der Waals surface area contributed by atoms with Gasteiger partial charge in [0.25, 0.3) is 0 Å². The van der Waals surface area contributed by atoms with E-state index in [-0.39, 0.29) is 33.4 Å². The zero-order valence-corrected chi connectivity index (χ0v) is 14.4. The maximum absolute atomic E-state index is 13.8.